The third-order valence-corrected chi connectivity index (χ3v) is 4.64. The highest BCUT2D eigenvalue weighted by Gasteiger charge is 2.44. The predicted octanol–water partition coefficient (Wildman–Crippen LogP) is 2.23. The van der Waals surface area contributed by atoms with Crippen LogP contribution in [0, 0.1) is 5.92 Å². The minimum atomic E-state index is -0.369. The van der Waals surface area contributed by atoms with Crippen LogP contribution in [0.1, 0.15) is 18.4 Å². The van der Waals surface area contributed by atoms with Crippen LogP contribution in [0.5, 0.6) is 0 Å². The van der Waals surface area contributed by atoms with Gasteiger partial charge in [0.25, 0.3) is 0 Å². The Morgan fingerprint density at radius 2 is 2.00 bits per heavy atom. The van der Waals surface area contributed by atoms with Gasteiger partial charge in [-0.2, -0.15) is 0 Å². The van der Waals surface area contributed by atoms with E-state index in [4.69, 9.17) is 23.2 Å². The van der Waals surface area contributed by atoms with Gasteiger partial charge in [0.05, 0.1) is 16.6 Å². The summed E-state index contributed by atoms with van der Waals surface area (Å²) < 4.78 is 0. The van der Waals surface area contributed by atoms with E-state index in [1.165, 1.54) is 0 Å². The Balaban J connectivity index is 1.88. The number of nitrogens with zero attached hydrogens (tertiary/aromatic N) is 1. The van der Waals surface area contributed by atoms with Crippen molar-refractivity contribution < 1.29 is 9.59 Å². The molecule has 1 saturated heterocycles. The Kier molecular flexibility index (Phi) is 3.61. The molecule has 1 aromatic carbocycles. The van der Waals surface area contributed by atoms with Crippen LogP contribution in [0.2, 0.25) is 10.0 Å². The lowest BCUT2D eigenvalue weighted by Gasteiger charge is -2.35. The zero-order chi connectivity index (χ0) is 14.3. The Morgan fingerprint density at radius 3 is 2.70 bits per heavy atom. The monoisotopic (exact) mass is 312 g/mol. The van der Waals surface area contributed by atoms with Crippen molar-refractivity contribution in [3.63, 3.8) is 0 Å². The first-order valence-corrected chi connectivity index (χ1v) is 7.33. The molecule has 106 valence electrons. The number of piperazine rings is 1. The van der Waals surface area contributed by atoms with Gasteiger partial charge in [-0.15, -0.1) is 0 Å². The molecule has 0 spiro atoms. The summed E-state index contributed by atoms with van der Waals surface area (Å²) in [6, 6.07) is 4.96. The Morgan fingerprint density at radius 1 is 1.25 bits per heavy atom. The van der Waals surface area contributed by atoms with Gasteiger partial charge in [-0.25, -0.2) is 0 Å². The number of carbonyl (C=O) groups excluding carboxylic acids is 2. The molecule has 2 fully saturated rings. The molecule has 1 aromatic rings. The van der Waals surface area contributed by atoms with E-state index in [1.807, 2.05) is 6.07 Å². The summed E-state index contributed by atoms with van der Waals surface area (Å²) in [6.45, 7) is 0.382. The van der Waals surface area contributed by atoms with E-state index < -0.39 is 0 Å². The number of hydrogen-bond donors (Lipinski definition) is 1. The van der Waals surface area contributed by atoms with E-state index in [0.29, 0.717) is 16.6 Å². The first-order chi connectivity index (χ1) is 9.58. The average Bonchev–Trinajstić information content (AvgIpc) is 3.23. The van der Waals surface area contributed by atoms with Crippen molar-refractivity contribution in [3.05, 3.63) is 33.8 Å². The molecule has 3 rings (SSSR count). The Bertz CT molecular complexity index is 572. The second-order valence-corrected chi connectivity index (χ2v) is 6.02. The summed E-state index contributed by atoms with van der Waals surface area (Å²) in [4.78, 5) is 25.8. The number of hydrogen-bond acceptors (Lipinski definition) is 2. The number of halogens is 2. The van der Waals surface area contributed by atoms with Crippen LogP contribution in [0.25, 0.3) is 0 Å². The molecule has 0 aromatic heterocycles. The van der Waals surface area contributed by atoms with Crippen molar-refractivity contribution in [2.75, 3.05) is 6.54 Å². The number of carbonyl (C=O) groups is 2. The number of nitrogens with one attached hydrogen (secondary N) is 1. The lowest BCUT2D eigenvalue weighted by atomic mass is 10.1. The molecule has 2 amide bonds. The van der Waals surface area contributed by atoms with E-state index in [0.717, 1.165) is 18.4 Å². The molecule has 1 saturated carbocycles. The van der Waals surface area contributed by atoms with Crippen LogP contribution >= 0.6 is 23.2 Å². The van der Waals surface area contributed by atoms with Crippen LogP contribution in [0.4, 0.5) is 0 Å². The van der Waals surface area contributed by atoms with Crippen molar-refractivity contribution in [2.24, 2.45) is 5.92 Å². The van der Waals surface area contributed by atoms with Crippen molar-refractivity contribution >= 4 is 35.0 Å². The normalized spacial score (nSPS) is 22.9. The van der Waals surface area contributed by atoms with Gasteiger partial charge in [-0.3, -0.25) is 9.59 Å². The highest BCUT2D eigenvalue weighted by molar-refractivity contribution is 6.42. The van der Waals surface area contributed by atoms with E-state index >= 15 is 0 Å². The van der Waals surface area contributed by atoms with E-state index in [2.05, 4.69) is 5.32 Å². The molecule has 1 N–H and O–H groups in total. The number of benzene rings is 1. The largest absolute Gasteiger partial charge is 0.345 e. The smallest absolute Gasteiger partial charge is 0.243 e. The standard InChI is InChI=1S/C14H14Cl2N2O2/c15-10-3-1-2-9(12(10)16)7-18-11(19)6-17-14(20)13(18)8-4-5-8/h1-3,8,13H,4-7H2,(H,17,20). The SMILES string of the molecule is O=C1NCC(=O)N(Cc2cccc(Cl)c2Cl)C1C1CC1. The molecule has 20 heavy (non-hydrogen) atoms. The lowest BCUT2D eigenvalue weighted by molar-refractivity contribution is -0.147. The molecule has 6 heteroatoms. The van der Waals surface area contributed by atoms with Gasteiger partial charge < -0.3 is 10.2 Å². The number of rotatable bonds is 3. The van der Waals surface area contributed by atoms with Gasteiger partial charge in [0.15, 0.2) is 0 Å². The fraction of sp³-hybridized carbons (Fsp3) is 0.429. The topological polar surface area (TPSA) is 49.4 Å². The van der Waals surface area contributed by atoms with Crippen molar-refractivity contribution in [2.45, 2.75) is 25.4 Å². The van der Waals surface area contributed by atoms with Crippen LogP contribution in [0.3, 0.4) is 0 Å². The molecular formula is C14H14Cl2N2O2. The van der Waals surface area contributed by atoms with Crippen molar-refractivity contribution in [1.29, 1.82) is 0 Å². The molecule has 1 atom stereocenters. The zero-order valence-electron chi connectivity index (χ0n) is 10.7. The van der Waals surface area contributed by atoms with Crippen LogP contribution in [-0.4, -0.2) is 29.3 Å². The minimum absolute atomic E-state index is 0.0558. The first kappa shape index (κ1) is 13.7. The van der Waals surface area contributed by atoms with E-state index in [1.54, 1.807) is 17.0 Å². The summed E-state index contributed by atoms with van der Waals surface area (Å²) in [7, 11) is 0. The third kappa shape index (κ3) is 2.50. The van der Waals surface area contributed by atoms with E-state index in [-0.39, 0.29) is 30.3 Å². The molecule has 1 heterocycles. The maximum absolute atomic E-state index is 12.1. The van der Waals surface area contributed by atoms with Crippen LogP contribution in [0.15, 0.2) is 18.2 Å². The summed E-state index contributed by atoms with van der Waals surface area (Å²) in [5.41, 5.74) is 0.771. The van der Waals surface area contributed by atoms with Crippen molar-refractivity contribution in [1.82, 2.24) is 10.2 Å². The fourth-order valence-corrected chi connectivity index (χ4v) is 2.97. The molecule has 1 aliphatic heterocycles. The highest BCUT2D eigenvalue weighted by atomic mass is 35.5. The van der Waals surface area contributed by atoms with Gasteiger partial charge in [0, 0.05) is 6.54 Å². The Labute approximate surface area is 127 Å². The maximum atomic E-state index is 12.1. The van der Waals surface area contributed by atoms with Crippen molar-refractivity contribution in [3.8, 4) is 0 Å². The second-order valence-electron chi connectivity index (χ2n) is 5.23. The van der Waals surface area contributed by atoms with E-state index in [9.17, 15) is 9.59 Å². The van der Waals surface area contributed by atoms with Gasteiger partial charge in [0.1, 0.15) is 6.04 Å². The molecule has 4 nitrogen and oxygen atoms in total. The second kappa shape index (κ2) is 5.26. The first-order valence-electron chi connectivity index (χ1n) is 6.58. The maximum Gasteiger partial charge on any atom is 0.243 e. The molecule has 0 bridgehead atoms. The molecule has 1 unspecified atom stereocenters. The lowest BCUT2D eigenvalue weighted by Crippen LogP contribution is -2.58. The summed E-state index contributed by atoms with van der Waals surface area (Å²) in [5.74, 6) is 0.139. The molecule has 0 radical (unpaired) electrons. The fourth-order valence-electron chi connectivity index (χ4n) is 2.59. The van der Waals surface area contributed by atoms with Gasteiger partial charge in [0.2, 0.25) is 11.8 Å². The summed E-state index contributed by atoms with van der Waals surface area (Å²) >= 11 is 12.2. The molecule has 2 aliphatic rings. The van der Waals surface area contributed by atoms with Crippen LogP contribution < -0.4 is 5.32 Å². The minimum Gasteiger partial charge on any atom is -0.345 e. The average molecular weight is 313 g/mol. The molecular weight excluding hydrogens is 299 g/mol. The van der Waals surface area contributed by atoms with Gasteiger partial charge >= 0.3 is 0 Å². The third-order valence-electron chi connectivity index (χ3n) is 3.78. The highest BCUT2D eigenvalue weighted by Crippen LogP contribution is 2.37. The Hall–Kier alpha value is -1.26. The summed E-state index contributed by atoms with van der Waals surface area (Å²) in [6.07, 6.45) is 1.98. The molecule has 1 aliphatic carbocycles. The number of amides is 2. The van der Waals surface area contributed by atoms with Gasteiger partial charge in [-0.1, -0.05) is 35.3 Å². The predicted molar refractivity (Wildman–Crippen MR) is 76.5 cm³/mol. The summed E-state index contributed by atoms with van der Waals surface area (Å²) in [5, 5.41) is 3.56. The van der Waals surface area contributed by atoms with Gasteiger partial charge in [-0.05, 0) is 30.4 Å². The quantitative estimate of drug-likeness (QED) is 0.930. The van der Waals surface area contributed by atoms with Crippen LogP contribution in [-0.2, 0) is 16.1 Å². The zero-order valence-corrected chi connectivity index (χ0v) is 12.2.